The summed E-state index contributed by atoms with van der Waals surface area (Å²) in [5.41, 5.74) is 1.30. The minimum absolute atomic E-state index is 0.455. The molecule has 2 heterocycles. The van der Waals surface area contributed by atoms with Crippen molar-refractivity contribution in [2.75, 3.05) is 6.54 Å². The summed E-state index contributed by atoms with van der Waals surface area (Å²) in [6, 6.07) is 0.455. The normalized spacial score (nSPS) is 28.2. The molecule has 0 aliphatic carbocycles. The third-order valence-electron chi connectivity index (χ3n) is 2.08. The van der Waals surface area contributed by atoms with Crippen LogP contribution in [-0.2, 0) is 0 Å². The quantitative estimate of drug-likeness (QED) is 0.509. The molecule has 0 unspecified atom stereocenters. The van der Waals surface area contributed by atoms with Gasteiger partial charge in [-0.05, 0) is 26.0 Å². The zero-order valence-electron chi connectivity index (χ0n) is 6.91. The molecule has 0 saturated carbocycles. The van der Waals surface area contributed by atoms with Crippen molar-refractivity contribution in [3.8, 4) is 0 Å². The molecule has 1 atom stereocenters. The van der Waals surface area contributed by atoms with Crippen molar-refractivity contribution in [1.82, 2.24) is 4.90 Å². The fourth-order valence-electron chi connectivity index (χ4n) is 1.52. The first kappa shape index (κ1) is 6.65. The summed E-state index contributed by atoms with van der Waals surface area (Å²) >= 11 is 0. The fraction of sp³-hybridized carbons (Fsp3) is 0.444. The van der Waals surface area contributed by atoms with E-state index >= 15 is 0 Å². The van der Waals surface area contributed by atoms with Gasteiger partial charge >= 0.3 is 0 Å². The van der Waals surface area contributed by atoms with Crippen LogP contribution in [0.5, 0.6) is 0 Å². The van der Waals surface area contributed by atoms with Gasteiger partial charge < -0.3 is 4.90 Å². The zero-order valence-corrected chi connectivity index (χ0v) is 6.91. The van der Waals surface area contributed by atoms with Crippen LogP contribution in [-0.4, -0.2) is 23.3 Å². The number of hydrogen-bond acceptors (Lipinski definition) is 2. The Morgan fingerprint density at radius 3 is 3.18 bits per heavy atom. The third-order valence-corrected chi connectivity index (χ3v) is 2.08. The lowest BCUT2D eigenvalue weighted by Crippen LogP contribution is -2.27. The lowest BCUT2D eigenvalue weighted by atomic mass is 10.2. The van der Waals surface area contributed by atoms with E-state index in [9.17, 15) is 0 Å². The van der Waals surface area contributed by atoms with Crippen LogP contribution >= 0.6 is 0 Å². The van der Waals surface area contributed by atoms with Gasteiger partial charge in [0, 0.05) is 12.2 Å². The van der Waals surface area contributed by atoms with Gasteiger partial charge in [-0.15, -0.1) is 0 Å². The van der Waals surface area contributed by atoms with Crippen molar-refractivity contribution < 1.29 is 0 Å². The number of rotatable bonds is 0. The molecule has 2 rings (SSSR count). The number of amidine groups is 1. The highest BCUT2D eigenvalue weighted by Crippen LogP contribution is 2.18. The van der Waals surface area contributed by atoms with Gasteiger partial charge in [0.25, 0.3) is 0 Å². The topological polar surface area (TPSA) is 15.6 Å². The molecule has 0 fully saturated rings. The van der Waals surface area contributed by atoms with E-state index in [0.29, 0.717) is 6.04 Å². The number of allylic oxidation sites excluding steroid dienone is 3. The van der Waals surface area contributed by atoms with Gasteiger partial charge in [-0.1, -0.05) is 6.08 Å². The molecular formula is C9H12N2. The van der Waals surface area contributed by atoms with Gasteiger partial charge in [-0.2, -0.15) is 0 Å². The summed E-state index contributed by atoms with van der Waals surface area (Å²) in [7, 11) is 0. The first-order chi connectivity index (χ1) is 5.27. The van der Waals surface area contributed by atoms with Crippen LogP contribution in [0.1, 0.15) is 13.8 Å². The second kappa shape index (κ2) is 2.22. The van der Waals surface area contributed by atoms with Crippen LogP contribution in [0, 0.1) is 0 Å². The minimum atomic E-state index is 0.455. The van der Waals surface area contributed by atoms with Crippen molar-refractivity contribution in [2.24, 2.45) is 4.99 Å². The van der Waals surface area contributed by atoms with Gasteiger partial charge in [0.15, 0.2) is 0 Å². The summed E-state index contributed by atoms with van der Waals surface area (Å²) in [6.07, 6.45) is 6.25. The summed E-state index contributed by atoms with van der Waals surface area (Å²) in [5.74, 6) is 1.12. The molecule has 0 aromatic heterocycles. The van der Waals surface area contributed by atoms with Crippen LogP contribution in [0.4, 0.5) is 0 Å². The number of aliphatic imine (C=N–C) groups is 1. The van der Waals surface area contributed by atoms with Crippen molar-refractivity contribution in [2.45, 2.75) is 19.9 Å². The molecule has 0 bridgehead atoms. The van der Waals surface area contributed by atoms with Gasteiger partial charge in [0.05, 0.1) is 6.04 Å². The van der Waals surface area contributed by atoms with Gasteiger partial charge in [-0.3, -0.25) is 4.99 Å². The molecule has 0 saturated heterocycles. The first-order valence-corrected chi connectivity index (χ1v) is 3.97. The van der Waals surface area contributed by atoms with Crippen LogP contribution < -0.4 is 0 Å². The van der Waals surface area contributed by atoms with E-state index in [-0.39, 0.29) is 0 Å². The summed E-state index contributed by atoms with van der Waals surface area (Å²) in [6.45, 7) is 5.31. The summed E-state index contributed by atoms with van der Waals surface area (Å²) in [5, 5.41) is 0. The Kier molecular flexibility index (Phi) is 1.34. The Hall–Kier alpha value is -1.05. The Balaban J connectivity index is 2.33. The standard InChI is InChI=1S/C9H12N2/c1-7-6-11-8(2)4-3-5-9(11)10-7/h3-5,7H,6H2,1-2H3/t7-/m1/s1. The highest BCUT2D eigenvalue weighted by atomic mass is 15.3. The molecule has 58 valence electrons. The van der Waals surface area contributed by atoms with E-state index in [4.69, 9.17) is 0 Å². The number of fused-ring (bicyclic) bond motifs is 1. The zero-order chi connectivity index (χ0) is 7.84. The van der Waals surface area contributed by atoms with Crippen molar-refractivity contribution in [1.29, 1.82) is 0 Å². The molecule has 0 aromatic rings. The maximum Gasteiger partial charge on any atom is 0.128 e. The molecule has 0 radical (unpaired) electrons. The average Bonchev–Trinajstić information content (AvgIpc) is 2.31. The number of hydrogen-bond donors (Lipinski definition) is 0. The molecule has 0 spiro atoms. The summed E-state index contributed by atoms with van der Waals surface area (Å²) in [4.78, 5) is 6.73. The third kappa shape index (κ3) is 0.985. The molecule has 2 heteroatoms. The van der Waals surface area contributed by atoms with E-state index in [1.54, 1.807) is 0 Å². The predicted molar refractivity (Wildman–Crippen MR) is 46.5 cm³/mol. The largest absolute Gasteiger partial charge is 0.329 e. The van der Waals surface area contributed by atoms with E-state index in [0.717, 1.165) is 12.4 Å². The molecule has 2 nitrogen and oxygen atoms in total. The highest BCUT2D eigenvalue weighted by molar-refractivity contribution is 5.96. The van der Waals surface area contributed by atoms with E-state index in [2.05, 4.69) is 42.0 Å². The molecule has 0 N–H and O–H groups in total. The Labute approximate surface area is 66.9 Å². The fourth-order valence-corrected chi connectivity index (χ4v) is 1.52. The van der Waals surface area contributed by atoms with Gasteiger partial charge in [0.2, 0.25) is 0 Å². The van der Waals surface area contributed by atoms with Crippen LogP contribution in [0.15, 0.2) is 28.9 Å². The Morgan fingerprint density at radius 2 is 2.45 bits per heavy atom. The van der Waals surface area contributed by atoms with Crippen molar-refractivity contribution >= 4 is 5.84 Å². The van der Waals surface area contributed by atoms with Gasteiger partial charge in [-0.25, -0.2) is 0 Å². The lowest BCUT2D eigenvalue weighted by Gasteiger charge is -2.21. The van der Waals surface area contributed by atoms with Crippen molar-refractivity contribution in [3.63, 3.8) is 0 Å². The van der Waals surface area contributed by atoms with Crippen LogP contribution in [0.25, 0.3) is 0 Å². The second-order valence-corrected chi connectivity index (χ2v) is 3.11. The molecule has 0 amide bonds. The Morgan fingerprint density at radius 1 is 1.64 bits per heavy atom. The van der Waals surface area contributed by atoms with E-state index in [1.807, 2.05) is 0 Å². The summed E-state index contributed by atoms with van der Waals surface area (Å²) < 4.78 is 0. The number of nitrogens with zero attached hydrogens (tertiary/aromatic N) is 2. The average molecular weight is 148 g/mol. The Bertz CT molecular complexity index is 261. The molecule has 2 aliphatic rings. The maximum atomic E-state index is 4.48. The highest BCUT2D eigenvalue weighted by Gasteiger charge is 2.22. The molecule has 11 heavy (non-hydrogen) atoms. The first-order valence-electron chi connectivity index (χ1n) is 3.97. The van der Waals surface area contributed by atoms with E-state index in [1.165, 1.54) is 5.70 Å². The second-order valence-electron chi connectivity index (χ2n) is 3.11. The van der Waals surface area contributed by atoms with Crippen LogP contribution in [0.3, 0.4) is 0 Å². The SMILES string of the molecule is CC1=CC=CC2=N[C@H](C)CN12. The van der Waals surface area contributed by atoms with E-state index < -0.39 is 0 Å². The molecular weight excluding hydrogens is 136 g/mol. The van der Waals surface area contributed by atoms with Gasteiger partial charge in [0.1, 0.15) is 5.84 Å². The lowest BCUT2D eigenvalue weighted by molar-refractivity contribution is 0.519. The minimum Gasteiger partial charge on any atom is -0.329 e. The maximum absolute atomic E-state index is 4.48. The molecule has 2 aliphatic heterocycles. The molecule has 0 aromatic carbocycles. The van der Waals surface area contributed by atoms with Crippen molar-refractivity contribution in [3.05, 3.63) is 23.9 Å². The van der Waals surface area contributed by atoms with Crippen LogP contribution in [0.2, 0.25) is 0 Å². The predicted octanol–water partition coefficient (Wildman–Crippen LogP) is 1.56. The monoisotopic (exact) mass is 148 g/mol. The smallest absolute Gasteiger partial charge is 0.128 e.